The van der Waals surface area contributed by atoms with Crippen LogP contribution in [0, 0.1) is 5.92 Å². The number of amides is 1. The zero-order valence-electron chi connectivity index (χ0n) is 16.7. The molecule has 2 aliphatic rings. The summed E-state index contributed by atoms with van der Waals surface area (Å²) in [6.45, 7) is 7.05. The van der Waals surface area contributed by atoms with E-state index in [-0.39, 0.29) is 30.3 Å². The number of nitrogens with zero attached hydrogens (tertiary/aromatic N) is 1. The maximum absolute atomic E-state index is 11.9. The number of aryl methyl sites for hydroxylation is 1. The molecule has 1 aromatic carbocycles. The van der Waals surface area contributed by atoms with Crippen LogP contribution in [0.25, 0.3) is 0 Å². The lowest BCUT2D eigenvalue weighted by molar-refractivity contribution is -0.117. The SMILES string of the molecule is C[C@@H]1[C@@H]([Si](C)(C)O)[C@H](CCO)O[C@@H]1CCc1ccc(N2CCCC2=O)cc1. The van der Waals surface area contributed by atoms with E-state index in [2.05, 4.69) is 19.1 Å². The van der Waals surface area contributed by atoms with Gasteiger partial charge < -0.3 is 19.5 Å². The average molecular weight is 392 g/mol. The molecule has 3 rings (SSSR count). The molecule has 150 valence electrons. The molecule has 0 radical (unpaired) electrons. The highest BCUT2D eigenvalue weighted by Crippen LogP contribution is 2.45. The fourth-order valence-corrected chi connectivity index (χ4v) is 7.54. The maximum atomic E-state index is 11.9. The normalized spacial score (nSPS) is 28.9. The highest BCUT2D eigenvalue weighted by atomic mass is 28.4. The summed E-state index contributed by atoms with van der Waals surface area (Å²) >= 11 is 0. The second kappa shape index (κ2) is 8.43. The summed E-state index contributed by atoms with van der Waals surface area (Å²) in [5.41, 5.74) is 2.39. The number of aliphatic hydroxyl groups is 1. The highest BCUT2D eigenvalue weighted by molar-refractivity contribution is 6.71. The molecule has 0 unspecified atom stereocenters. The number of anilines is 1. The van der Waals surface area contributed by atoms with Crippen molar-refractivity contribution in [1.29, 1.82) is 0 Å². The first-order valence-electron chi connectivity index (χ1n) is 10.2. The van der Waals surface area contributed by atoms with Crippen molar-refractivity contribution in [3.05, 3.63) is 29.8 Å². The Hall–Kier alpha value is -1.21. The van der Waals surface area contributed by atoms with Crippen LogP contribution in [0.3, 0.4) is 0 Å². The lowest BCUT2D eigenvalue weighted by atomic mass is 9.95. The van der Waals surface area contributed by atoms with Crippen LogP contribution in [0.15, 0.2) is 24.3 Å². The molecule has 1 amide bonds. The number of aliphatic hydroxyl groups excluding tert-OH is 1. The topological polar surface area (TPSA) is 70.0 Å². The van der Waals surface area contributed by atoms with Gasteiger partial charge in [0.1, 0.15) is 0 Å². The molecule has 0 bridgehead atoms. The Morgan fingerprint density at radius 3 is 2.44 bits per heavy atom. The minimum Gasteiger partial charge on any atom is -0.432 e. The third-order valence-electron chi connectivity index (χ3n) is 6.17. The van der Waals surface area contributed by atoms with Crippen molar-refractivity contribution < 1.29 is 19.4 Å². The first-order chi connectivity index (χ1) is 12.8. The predicted molar refractivity (Wildman–Crippen MR) is 109 cm³/mol. The van der Waals surface area contributed by atoms with Gasteiger partial charge in [0.05, 0.1) is 12.2 Å². The molecule has 2 N–H and O–H groups in total. The summed E-state index contributed by atoms with van der Waals surface area (Å²) < 4.78 is 6.26. The molecule has 0 aliphatic carbocycles. The molecule has 6 heteroatoms. The summed E-state index contributed by atoms with van der Waals surface area (Å²) in [7, 11) is -2.34. The monoisotopic (exact) mass is 391 g/mol. The molecule has 2 aliphatic heterocycles. The van der Waals surface area contributed by atoms with Crippen molar-refractivity contribution >= 4 is 19.9 Å². The Balaban J connectivity index is 1.60. The number of carbonyl (C=O) groups excluding carboxylic acids is 1. The standard InChI is InChI=1S/C21H33NO4Si/c1-15-18(26-19(12-14-23)21(15)27(2,3)25)11-8-16-6-9-17(10-7-16)22-13-4-5-20(22)24/h6-7,9-10,15,18-19,21,23,25H,4-5,8,11-14H2,1-3H3/t15-,18+,19-,21+/m0/s1. The minimum atomic E-state index is -2.34. The van der Waals surface area contributed by atoms with Gasteiger partial charge in [-0.1, -0.05) is 19.1 Å². The van der Waals surface area contributed by atoms with Gasteiger partial charge in [-0.3, -0.25) is 4.79 Å². The van der Waals surface area contributed by atoms with Gasteiger partial charge in [-0.05, 0) is 62.4 Å². The van der Waals surface area contributed by atoms with Crippen LogP contribution in [-0.2, 0) is 16.0 Å². The number of carbonyl (C=O) groups is 1. The summed E-state index contributed by atoms with van der Waals surface area (Å²) in [4.78, 5) is 24.4. The van der Waals surface area contributed by atoms with E-state index >= 15 is 0 Å². The van der Waals surface area contributed by atoms with E-state index in [1.807, 2.05) is 30.1 Å². The van der Waals surface area contributed by atoms with E-state index in [1.165, 1.54) is 5.56 Å². The summed E-state index contributed by atoms with van der Waals surface area (Å²) in [5, 5.41) is 9.35. The van der Waals surface area contributed by atoms with Crippen LogP contribution in [0.2, 0.25) is 18.6 Å². The zero-order valence-corrected chi connectivity index (χ0v) is 17.7. The van der Waals surface area contributed by atoms with E-state index in [0.717, 1.165) is 31.5 Å². The molecule has 27 heavy (non-hydrogen) atoms. The third-order valence-corrected chi connectivity index (χ3v) is 8.70. The first-order valence-corrected chi connectivity index (χ1v) is 13.2. The van der Waals surface area contributed by atoms with Crippen LogP contribution in [0.5, 0.6) is 0 Å². The average Bonchev–Trinajstić information content (AvgIpc) is 3.17. The fraction of sp³-hybridized carbons (Fsp3) is 0.667. The molecule has 2 saturated heterocycles. The Bertz CT molecular complexity index is 643. The van der Waals surface area contributed by atoms with Gasteiger partial charge in [-0.25, -0.2) is 0 Å². The van der Waals surface area contributed by atoms with Crippen molar-refractivity contribution in [3.63, 3.8) is 0 Å². The minimum absolute atomic E-state index is 0.0368. The highest BCUT2D eigenvalue weighted by Gasteiger charge is 2.49. The molecule has 2 fully saturated rings. The number of ether oxygens (including phenoxy) is 1. The lowest BCUT2D eigenvalue weighted by Crippen LogP contribution is -2.40. The van der Waals surface area contributed by atoms with Crippen LogP contribution in [0.4, 0.5) is 5.69 Å². The molecule has 2 heterocycles. The van der Waals surface area contributed by atoms with E-state index in [0.29, 0.717) is 18.8 Å². The lowest BCUT2D eigenvalue weighted by Gasteiger charge is -2.30. The number of hydrogen-bond donors (Lipinski definition) is 2. The van der Waals surface area contributed by atoms with Gasteiger partial charge in [0.2, 0.25) is 5.91 Å². The van der Waals surface area contributed by atoms with Gasteiger partial charge in [-0.2, -0.15) is 0 Å². The zero-order chi connectivity index (χ0) is 19.6. The molecular formula is C21H33NO4Si. The largest absolute Gasteiger partial charge is 0.432 e. The van der Waals surface area contributed by atoms with Crippen LogP contribution in [-0.4, -0.2) is 49.5 Å². The number of hydrogen-bond acceptors (Lipinski definition) is 4. The molecule has 4 atom stereocenters. The van der Waals surface area contributed by atoms with Crippen molar-refractivity contribution in [2.75, 3.05) is 18.1 Å². The van der Waals surface area contributed by atoms with Crippen molar-refractivity contribution in [3.8, 4) is 0 Å². The van der Waals surface area contributed by atoms with Gasteiger partial charge in [0.25, 0.3) is 0 Å². The first kappa shape index (κ1) is 20.5. The smallest absolute Gasteiger partial charge is 0.227 e. The van der Waals surface area contributed by atoms with Gasteiger partial charge in [-0.15, -0.1) is 0 Å². The second-order valence-corrected chi connectivity index (χ2v) is 12.6. The van der Waals surface area contributed by atoms with Gasteiger partial charge in [0, 0.05) is 30.8 Å². The fourth-order valence-electron chi connectivity index (χ4n) is 4.88. The quantitative estimate of drug-likeness (QED) is 0.701. The van der Waals surface area contributed by atoms with Crippen LogP contribution in [0.1, 0.15) is 38.2 Å². The molecule has 0 aromatic heterocycles. The number of benzene rings is 1. The van der Waals surface area contributed by atoms with E-state index in [1.54, 1.807) is 0 Å². The Kier molecular flexibility index (Phi) is 6.41. The van der Waals surface area contributed by atoms with Crippen LogP contribution < -0.4 is 4.90 Å². The predicted octanol–water partition coefficient (Wildman–Crippen LogP) is 3.10. The van der Waals surface area contributed by atoms with E-state index < -0.39 is 8.32 Å². The van der Waals surface area contributed by atoms with Gasteiger partial charge >= 0.3 is 0 Å². The Morgan fingerprint density at radius 1 is 1.19 bits per heavy atom. The number of rotatable bonds is 7. The molecule has 1 aromatic rings. The van der Waals surface area contributed by atoms with E-state index in [9.17, 15) is 14.7 Å². The molecule has 5 nitrogen and oxygen atoms in total. The molecule has 0 saturated carbocycles. The van der Waals surface area contributed by atoms with Crippen LogP contribution >= 0.6 is 0 Å². The van der Waals surface area contributed by atoms with Crippen molar-refractivity contribution in [2.24, 2.45) is 5.92 Å². The molecule has 0 spiro atoms. The second-order valence-electron chi connectivity index (χ2n) is 8.62. The van der Waals surface area contributed by atoms with E-state index in [4.69, 9.17) is 4.74 Å². The summed E-state index contributed by atoms with van der Waals surface area (Å²) in [5.74, 6) is 0.516. The Labute approximate surface area is 163 Å². The van der Waals surface area contributed by atoms with Gasteiger partial charge in [0.15, 0.2) is 8.32 Å². The summed E-state index contributed by atoms with van der Waals surface area (Å²) in [6, 6.07) is 8.29. The summed E-state index contributed by atoms with van der Waals surface area (Å²) in [6.07, 6.45) is 4.09. The molecular weight excluding hydrogens is 358 g/mol. The van der Waals surface area contributed by atoms with Crippen molar-refractivity contribution in [1.82, 2.24) is 0 Å². The Morgan fingerprint density at radius 2 is 1.89 bits per heavy atom. The van der Waals surface area contributed by atoms with Crippen molar-refractivity contribution in [2.45, 2.75) is 69.9 Å². The maximum Gasteiger partial charge on any atom is 0.227 e. The third kappa shape index (κ3) is 4.62.